The quantitative estimate of drug-likeness (QED) is 0.727. The second-order valence-electron chi connectivity index (χ2n) is 7.98. The van der Waals surface area contributed by atoms with Crippen LogP contribution in [0.4, 0.5) is 0 Å². The number of likely N-dealkylation sites (tertiary alicyclic amines) is 1. The summed E-state index contributed by atoms with van der Waals surface area (Å²) in [6.45, 7) is 2.73. The number of hydrogen-bond acceptors (Lipinski definition) is 6. The summed E-state index contributed by atoms with van der Waals surface area (Å²) in [6.07, 6.45) is 0.0875. The molecule has 0 N–H and O–H groups in total. The number of ether oxygens (including phenoxy) is 1. The van der Waals surface area contributed by atoms with E-state index in [4.69, 9.17) is 20.9 Å². The van der Waals surface area contributed by atoms with E-state index in [1.165, 1.54) is 4.31 Å². The van der Waals surface area contributed by atoms with Gasteiger partial charge in [0.15, 0.2) is 5.69 Å². The first-order chi connectivity index (χ1) is 13.8. The average molecular weight is 438 g/mol. The Morgan fingerprint density at radius 3 is 2.90 bits per heavy atom. The monoisotopic (exact) mass is 437 g/mol. The van der Waals surface area contributed by atoms with Crippen molar-refractivity contribution in [1.82, 2.24) is 14.4 Å². The predicted octanol–water partition coefficient (Wildman–Crippen LogP) is 1.83. The van der Waals surface area contributed by atoms with Crippen LogP contribution >= 0.6 is 11.6 Å². The summed E-state index contributed by atoms with van der Waals surface area (Å²) in [5.41, 5.74) is 0.124. The molecule has 3 atom stereocenters. The number of amides is 1. The highest BCUT2D eigenvalue weighted by Gasteiger charge is 2.65. The average Bonchev–Trinajstić information content (AvgIpc) is 3.26. The summed E-state index contributed by atoms with van der Waals surface area (Å²) in [7, 11) is -3.56. The topological polar surface area (TPSA) is 93.0 Å². The van der Waals surface area contributed by atoms with Crippen LogP contribution in [0.2, 0.25) is 5.02 Å². The van der Waals surface area contributed by atoms with Crippen molar-refractivity contribution in [3.8, 4) is 0 Å². The van der Waals surface area contributed by atoms with Crippen LogP contribution in [0.5, 0.6) is 0 Å². The molecular formula is C19H20ClN3O5S. The van der Waals surface area contributed by atoms with Crippen molar-refractivity contribution in [2.24, 2.45) is 0 Å². The van der Waals surface area contributed by atoms with Crippen molar-refractivity contribution in [2.75, 3.05) is 19.6 Å². The lowest BCUT2D eigenvalue weighted by molar-refractivity contribution is -0.0981. The van der Waals surface area contributed by atoms with Gasteiger partial charge >= 0.3 is 0 Å². The molecule has 3 saturated heterocycles. The van der Waals surface area contributed by atoms with E-state index in [2.05, 4.69) is 5.16 Å². The van der Waals surface area contributed by atoms with Gasteiger partial charge in [0.2, 0.25) is 10.0 Å². The lowest BCUT2D eigenvalue weighted by Gasteiger charge is -2.39. The second kappa shape index (κ2) is 6.53. The summed E-state index contributed by atoms with van der Waals surface area (Å²) in [5, 5.41) is 3.71. The molecule has 3 aliphatic rings. The molecule has 2 bridgehead atoms. The van der Waals surface area contributed by atoms with E-state index < -0.39 is 20.9 Å². The number of carbonyl (C=O) groups is 1. The van der Waals surface area contributed by atoms with Crippen molar-refractivity contribution >= 4 is 27.5 Å². The third-order valence-corrected chi connectivity index (χ3v) is 8.45. The maximum atomic E-state index is 13.2. The lowest BCUT2D eigenvalue weighted by Crippen LogP contribution is -2.56. The molecule has 3 fully saturated rings. The fraction of sp³-hybridized carbons (Fsp3) is 0.474. The minimum absolute atomic E-state index is 0.212. The Labute approximate surface area is 173 Å². The fourth-order valence-corrected chi connectivity index (χ4v) is 7.22. The van der Waals surface area contributed by atoms with E-state index in [1.807, 2.05) is 6.07 Å². The van der Waals surface area contributed by atoms with E-state index in [0.29, 0.717) is 23.7 Å². The molecule has 0 saturated carbocycles. The molecule has 1 aromatic heterocycles. The zero-order valence-electron chi connectivity index (χ0n) is 15.7. The summed E-state index contributed by atoms with van der Waals surface area (Å²) in [4.78, 5) is 14.5. The molecule has 2 aromatic rings. The van der Waals surface area contributed by atoms with Crippen molar-refractivity contribution in [1.29, 1.82) is 0 Å². The molecule has 0 aliphatic carbocycles. The summed E-state index contributed by atoms with van der Waals surface area (Å²) in [6, 6.07) is 8.75. The van der Waals surface area contributed by atoms with Crippen molar-refractivity contribution in [2.45, 2.75) is 36.8 Å². The van der Waals surface area contributed by atoms with Gasteiger partial charge in [0, 0.05) is 30.7 Å². The Bertz CT molecular complexity index is 1090. The number of sulfonamides is 1. The van der Waals surface area contributed by atoms with Gasteiger partial charge in [0.25, 0.3) is 5.91 Å². The molecule has 1 amide bonds. The van der Waals surface area contributed by atoms with Crippen LogP contribution in [0.1, 0.15) is 28.2 Å². The van der Waals surface area contributed by atoms with Crippen LogP contribution in [0.15, 0.2) is 34.9 Å². The summed E-state index contributed by atoms with van der Waals surface area (Å²) in [5.74, 6) is 0.289. The third-order valence-electron chi connectivity index (χ3n) is 5.89. The molecule has 8 nitrogen and oxygen atoms in total. The Morgan fingerprint density at radius 2 is 2.17 bits per heavy atom. The summed E-state index contributed by atoms with van der Waals surface area (Å²) >= 11 is 6.04. The van der Waals surface area contributed by atoms with Gasteiger partial charge in [-0.05, 0) is 31.0 Å². The first-order valence-corrected chi connectivity index (χ1v) is 11.3. The predicted molar refractivity (Wildman–Crippen MR) is 104 cm³/mol. The molecule has 29 heavy (non-hydrogen) atoms. The lowest BCUT2D eigenvalue weighted by atomic mass is 9.99. The van der Waals surface area contributed by atoms with Gasteiger partial charge in [0.1, 0.15) is 16.6 Å². The van der Waals surface area contributed by atoms with Gasteiger partial charge in [-0.3, -0.25) is 4.79 Å². The van der Waals surface area contributed by atoms with Crippen molar-refractivity contribution in [3.63, 3.8) is 0 Å². The molecule has 154 valence electrons. The normalized spacial score (nSPS) is 30.5. The maximum absolute atomic E-state index is 13.2. The largest absolute Gasteiger partial charge is 0.365 e. The molecule has 0 unspecified atom stereocenters. The molecule has 4 heterocycles. The van der Waals surface area contributed by atoms with Crippen molar-refractivity contribution < 1.29 is 22.5 Å². The number of rotatable bonds is 3. The molecule has 5 rings (SSSR count). The maximum Gasteiger partial charge on any atom is 0.276 e. The number of aromatic nitrogens is 1. The minimum atomic E-state index is -3.56. The van der Waals surface area contributed by atoms with Gasteiger partial charge in [-0.25, -0.2) is 8.42 Å². The van der Waals surface area contributed by atoms with Gasteiger partial charge < -0.3 is 14.2 Å². The Balaban J connectivity index is 1.41. The van der Waals surface area contributed by atoms with Crippen LogP contribution < -0.4 is 0 Å². The highest BCUT2D eigenvalue weighted by molar-refractivity contribution is 7.90. The number of nitrogens with zero attached hydrogens (tertiary/aromatic N) is 3. The van der Waals surface area contributed by atoms with E-state index in [0.717, 1.165) is 5.56 Å². The van der Waals surface area contributed by atoms with E-state index in [-0.39, 0.29) is 37.3 Å². The van der Waals surface area contributed by atoms with Crippen LogP contribution in [-0.2, 0) is 21.3 Å². The minimum Gasteiger partial charge on any atom is -0.365 e. The van der Waals surface area contributed by atoms with Crippen LogP contribution in [-0.4, -0.2) is 65.3 Å². The van der Waals surface area contributed by atoms with Crippen LogP contribution in [0.25, 0.3) is 0 Å². The molecule has 3 aliphatic heterocycles. The number of carbonyl (C=O) groups excluding carboxylic acids is 1. The SMILES string of the molecule is Cc1cc(C(=O)N2C[C@H]3C[C@@H]4[C@@](C2)(CN(Cc2cccc(Cl)c2)S4(=O)=O)O3)no1. The second-order valence-corrected chi connectivity index (χ2v) is 10.5. The van der Waals surface area contributed by atoms with E-state index in [9.17, 15) is 13.2 Å². The molecule has 10 heteroatoms. The smallest absolute Gasteiger partial charge is 0.276 e. The number of morpholine rings is 1. The van der Waals surface area contributed by atoms with E-state index in [1.54, 1.807) is 36.1 Å². The Kier molecular flexibility index (Phi) is 4.29. The third kappa shape index (κ3) is 3.07. The number of benzene rings is 1. The van der Waals surface area contributed by atoms with Crippen LogP contribution in [0, 0.1) is 6.92 Å². The number of fused-ring (bicyclic) bond motifs is 1. The molecular weight excluding hydrogens is 418 g/mol. The fourth-order valence-electron chi connectivity index (χ4n) is 4.71. The Hall–Kier alpha value is -1.94. The zero-order chi connectivity index (χ0) is 20.4. The summed E-state index contributed by atoms with van der Waals surface area (Å²) < 4.78 is 39.1. The molecule has 1 aromatic carbocycles. The molecule has 1 spiro atoms. The van der Waals surface area contributed by atoms with E-state index >= 15 is 0 Å². The van der Waals surface area contributed by atoms with Gasteiger partial charge in [0.05, 0.1) is 12.6 Å². The number of hydrogen-bond donors (Lipinski definition) is 0. The van der Waals surface area contributed by atoms with Gasteiger partial charge in [-0.15, -0.1) is 0 Å². The number of halogens is 1. The highest BCUT2D eigenvalue weighted by atomic mass is 35.5. The Morgan fingerprint density at radius 1 is 1.34 bits per heavy atom. The molecule has 0 radical (unpaired) electrons. The zero-order valence-corrected chi connectivity index (χ0v) is 17.3. The highest BCUT2D eigenvalue weighted by Crippen LogP contribution is 2.47. The first-order valence-electron chi connectivity index (χ1n) is 9.41. The van der Waals surface area contributed by atoms with Gasteiger partial charge in [-0.2, -0.15) is 4.31 Å². The standard InChI is InChI=1S/C19H20ClN3O5S/c1-12-5-16(21-28-12)18(24)22-9-15-7-17-19(10-22,27-15)11-23(29(17,25)26)8-13-3-2-4-14(20)6-13/h2-6,15,17H,7-11H2,1H3/t15-,17-,19-/m1/s1. The van der Waals surface area contributed by atoms with Crippen LogP contribution in [0.3, 0.4) is 0 Å². The number of aryl methyl sites for hydroxylation is 1. The van der Waals surface area contributed by atoms with Crippen molar-refractivity contribution in [3.05, 3.63) is 52.4 Å². The van der Waals surface area contributed by atoms with Gasteiger partial charge in [-0.1, -0.05) is 28.9 Å². The first kappa shape index (κ1) is 19.0.